The lowest BCUT2D eigenvalue weighted by molar-refractivity contribution is 0.0440. The highest BCUT2D eigenvalue weighted by Gasteiger charge is 2.22. The Bertz CT molecular complexity index is 1260. The van der Waals surface area contributed by atoms with Crippen LogP contribution in [0.2, 0.25) is 0 Å². The molecule has 3 rings (SSSR count). The van der Waals surface area contributed by atoms with Gasteiger partial charge in [-0.15, -0.1) is 11.3 Å². The van der Waals surface area contributed by atoms with Crippen LogP contribution in [0.25, 0.3) is 0 Å². The van der Waals surface area contributed by atoms with Crippen molar-refractivity contribution >= 4 is 37.4 Å². The molecule has 166 valence electrons. The van der Waals surface area contributed by atoms with Crippen molar-refractivity contribution in [1.29, 1.82) is 0 Å². The van der Waals surface area contributed by atoms with E-state index in [1.165, 1.54) is 61.8 Å². The first-order chi connectivity index (χ1) is 14.6. The van der Waals surface area contributed by atoms with Crippen LogP contribution in [0.1, 0.15) is 21.0 Å². The van der Waals surface area contributed by atoms with Crippen molar-refractivity contribution in [3.05, 3.63) is 70.1 Å². The summed E-state index contributed by atoms with van der Waals surface area (Å²) in [6.45, 7) is -0.166. The number of nitrogens with zero attached hydrogens (tertiary/aromatic N) is 1. The second-order valence-corrected chi connectivity index (χ2v) is 11.4. The van der Waals surface area contributed by atoms with E-state index in [9.17, 15) is 21.6 Å². The van der Waals surface area contributed by atoms with E-state index in [4.69, 9.17) is 9.15 Å². The van der Waals surface area contributed by atoms with Crippen LogP contribution in [0.4, 0.5) is 0 Å². The zero-order chi connectivity index (χ0) is 22.6. The molecule has 3 aromatic rings. The Morgan fingerprint density at radius 3 is 2.55 bits per heavy atom. The van der Waals surface area contributed by atoms with Crippen molar-refractivity contribution in [1.82, 2.24) is 9.03 Å². The van der Waals surface area contributed by atoms with Gasteiger partial charge in [-0.1, -0.05) is 12.1 Å². The third kappa shape index (κ3) is 5.60. The molecule has 0 aliphatic heterocycles. The Labute approximate surface area is 184 Å². The van der Waals surface area contributed by atoms with Crippen molar-refractivity contribution in [3.8, 4) is 0 Å². The van der Waals surface area contributed by atoms with Crippen molar-refractivity contribution in [2.75, 3.05) is 14.1 Å². The molecule has 1 N–H and O–H groups in total. The van der Waals surface area contributed by atoms with Crippen molar-refractivity contribution in [2.24, 2.45) is 0 Å². The molecule has 0 unspecified atom stereocenters. The van der Waals surface area contributed by atoms with E-state index in [2.05, 4.69) is 4.72 Å². The Morgan fingerprint density at radius 1 is 1.10 bits per heavy atom. The first-order valence-corrected chi connectivity index (χ1v) is 12.7. The lowest BCUT2D eigenvalue weighted by atomic mass is 10.2. The minimum absolute atomic E-state index is 0.0340. The molecular weight excluding hydrogens is 464 g/mol. The number of rotatable bonds is 9. The number of esters is 1. The molecule has 0 spiro atoms. The van der Waals surface area contributed by atoms with Crippen molar-refractivity contribution in [3.63, 3.8) is 0 Å². The monoisotopic (exact) mass is 484 g/mol. The summed E-state index contributed by atoms with van der Waals surface area (Å²) in [5.41, 5.74) is 0.0340. The molecule has 0 saturated heterocycles. The number of nitrogens with one attached hydrogen (secondary N) is 1. The third-order valence-electron chi connectivity index (χ3n) is 4.11. The summed E-state index contributed by atoms with van der Waals surface area (Å²) >= 11 is 1.43. The number of carbonyl (C=O) groups excluding carboxylic acids is 1. The van der Waals surface area contributed by atoms with Crippen LogP contribution in [0.15, 0.2) is 68.3 Å². The topological polar surface area (TPSA) is 123 Å². The number of furan rings is 1. The fraction of sp³-hybridized carbons (Fsp3) is 0.211. The molecule has 12 heteroatoms. The lowest BCUT2D eigenvalue weighted by Gasteiger charge is -2.08. The van der Waals surface area contributed by atoms with E-state index in [-0.39, 0.29) is 34.5 Å². The first kappa shape index (κ1) is 23.2. The van der Waals surface area contributed by atoms with Gasteiger partial charge in [-0.05, 0) is 41.8 Å². The minimum atomic E-state index is -3.82. The highest BCUT2D eigenvalue weighted by Crippen LogP contribution is 2.19. The van der Waals surface area contributed by atoms with Gasteiger partial charge in [0.1, 0.15) is 12.4 Å². The average Bonchev–Trinajstić information content (AvgIpc) is 3.43. The van der Waals surface area contributed by atoms with E-state index in [1.807, 2.05) is 17.5 Å². The number of ether oxygens (including phenoxy) is 1. The van der Waals surface area contributed by atoms with Crippen LogP contribution in [-0.4, -0.2) is 41.2 Å². The smallest absolute Gasteiger partial charge is 0.338 e. The van der Waals surface area contributed by atoms with Gasteiger partial charge in [0.2, 0.25) is 15.1 Å². The Balaban J connectivity index is 1.66. The largest absolute Gasteiger partial charge is 0.454 e. The molecule has 0 aliphatic carbocycles. The Hall–Kier alpha value is -2.51. The van der Waals surface area contributed by atoms with Crippen LogP contribution < -0.4 is 4.72 Å². The first-order valence-electron chi connectivity index (χ1n) is 8.90. The molecule has 0 radical (unpaired) electrons. The minimum Gasteiger partial charge on any atom is -0.454 e. The SMILES string of the molecule is CN(C)S(=O)(=O)c1ccc(COC(=O)c2cccc(S(=O)(=O)NCc3cccs3)c2)o1. The van der Waals surface area contributed by atoms with Gasteiger partial charge in [0.15, 0.2) is 0 Å². The van der Waals surface area contributed by atoms with Crippen LogP contribution in [0.5, 0.6) is 0 Å². The van der Waals surface area contributed by atoms with Crippen LogP contribution >= 0.6 is 11.3 Å². The summed E-state index contributed by atoms with van der Waals surface area (Å²) in [5.74, 6) is -0.640. The van der Waals surface area contributed by atoms with Gasteiger partial charge in [-0.2, -0.15) is 0 Å². The number of hydrogen-bond donors (Lipinski definition) is 1. The molecule has 0 fully saturated rings. The molecule has 2 heterocycles. The van der Waals surface area contributed by atoms with E-state index in [0.717, 1.165) is 9.18 Å². The number of carbonyl (C=O) groups is 1. The molecule has 31 heavy (non-hydrogen) atoms. The zero-order valence-corrected chi connectivity index (χ0v) is 19.1. The standard InChI is InChI=1S/C19H20N2O7S3/c1-21(2)31(25,26)18-9-8-15(28-18)13-27-19(22)14-5-3-7-17(11-14)30(23,24)20-12-16-6-4-10-29-16/h3-11,20H,12-13H2,1-2H3. The summed E-state index contributed by atoms with van der Waals surface area (Å²) in [4.78, 5) is 13.1. The van der Waals surface area contributed by atoms with Gasteiger partial charge in [0, 0.05) is 25.5 Å². The second kappa shape index (κ2) is 9.32. The number of thiophene rings is 1. The second-order valence-electron chi connectivity index (χ2n) is 6.52. The third-order valence-corrected chi connectivity index (χ3v) is 8.08. The molecule has 2 aromatic heterocycles. The molecule has 9 nitrogen and oxygen atoms in total. The van der Waals surface area contributed by atoms with E-state index >= 15 is 0 Å². The lowest BCUT2D eigenvalue weighted by Crippen LogP contribution is -2.23. The van der Waals surface area contributed by atoms with Crippen LogP contribution in [0, 0.1) is 0 Å². The average molecular weight is 485 g/mol. The van der Waals surface area contributed by atoms with Crippen LogP contribution in [0.3, 0.4) is 0 Å². The summed E-state index contributed by atoms with van der Waals surface area (Å²) in [6, 6.07) is 11.7. The van der Waals surface area contributed by atoms with Gasteiger partial charge in [-0.3, -0.25) is 0 Å². The predicted octanol–water partition coefficient (Wildman–Crippen LogP) is 2.43. The summed E-state index contributed by atoms with van der Waals surface area (Å²) in [5, 5.41) is 1.58. The van der Waals surface area contributed by atoms with Crippen molar-refractivity contribution < 1.29 is 30.8 Å². The van der Waals surface area contributed by atoms with Gasteiger partial charge in [0.05, 0.1) is 10.5 Å². The molecule has 0 bridgehead atoms. The fourth-order valence-electron chi connectivity index (χ4n) is 2.43. The summed E-state index contributed by atoms with van der Waals surface area (Å²) in [6.07, 6.45) is 0. The van der Waals surface area contributed by atoms with E-state index in [0.29, 0.717) is 0 Å². The number of hydrogen-bond acceptors (Lipinski definition) is 8. The molecule has 0 aliphatic rings. The maximum absolute atomic E-state index is 12.5. The van der Waals surface area contributed by atoms with E-state index < -0.39 is 26.0 Å². The fourth-order valence-corrected chi connectivity index (χ4v) is 5.03. The highest BCUT2D eigenvalue weighted by molar-refractivity contribution is 7.89. The quantitative estimate of drug-likeness (QED) is 0.463. The molecule has 0 amide bonds. The Kier molecular flexibility index (Phi) is 6.96. The Morgan fingerprint density at radius 2 is 1.87 bits per heavy atom. The number of benzene rings is 1. The normalized spacial score (nSPS) is 12.2. The molecule has 0 atom stereocenters. The molecular formula is C19H20N2O7S3. The van der Waals surface area contributed by atoms with Gasteiger partial charge in [0.25, 0.3) is 10.0 Å². The molecule has 1 aromatic carbocycles. The summed E-state index contributed by atoms with van der Waals surface area (Å²) < 4.78 is 62.9. The number of sulfonamides is 2. The summed E-state index contributed by atoms with van der Waals surface area (Å²) in [7, 11) is -4.82. The van der Waals surface area contributed by atoms with Gasteiger partial charge < -0.3 is 9.15 Å². The maximum atomic E-state index is 12.5. The maximum Gasteiger partial charge on any atom is 0.338 e. The predicted molar refractivity (Wildman–Crippen MR) is 113 cm³/mol. The highest BCUT2D eigenvalue weighted by atomic mass is 32.2. The van der Waals surface area contributed by atoms with Crippen LogP contribution in [-0.2, 0) is 37.9 Å². The van der Waals surface area contributed by atoms with E-state index in [1.54, 1.807) is 0 Å². The van der Waals surface area contributed by atoms with Crippen molar-refractivity contribution in [2.45, 2.75) is 23.1 Å². The van der Waals surface area contributed by atoms with Gasteiger partial charge in [-0.25, -0.2) is 30.7 Å². The van der Waals surface area contributed by atoms with Gasteiger partial charge >= 0.3 is 5.97 Å². The molecule has 0 saturated carbocycles. The zero-order valence-electron chi connectivity index (χ0n) is 16.6.